The Morgan fingerprint density at radius 2 is 2.33 bits per heavy atom. The lowest BCUT2D eigenvalue weighted by Crippen LogP contribution is -1.80. The van der Waals surface area contributed by atoms with Gasteiger partial charge >= 0.3 is 0 Å². The van der Waals surface area contributed by atoms with Crippen molar-refractivity contribution < 1.29 is 9.52 Å². The molecule has 1 heterocycles. The van der Waals surface area contributed by atoms with Crippen LogP contribution in [0.1, 0.15) is 5.56 Å². The van der Waals surface area contributed by atoms with Crippen LogP contribution < -0.4 is 0 Å². The number of aromatic nitrogens is 1. The average molecular weight is 181 g/mol. The number of nitrogens with one attached hydrogen (secondary N) is 1. The molecule has 0 saturated heterocycles. The quantitative estimate of drug-likeness (QED) is 0.661. The fourth-order valence-corrected chi connectivity index (χ4v) is 1.30. The molecule has 3 nitrogen and oxygen atoms in total. The first-order valence-electron chi connectivity index (χ1n) is 3.52. The maximum atomic E-state index is 8.83. The number of hydrogen-bond acceptors (Lipinski definition) is 3. The van der Waals surface area contributed by atoms with E-state index in [0.29, 0.717) is 4.84 Å². The minimum atomic E-state index is 0.0295. The lowest BCUT2D eigenvalue weighted by Gasteiger charge is -1.92. The van der Waals surface area contributed by atoms with Gasteiger partial charge in [0.1, 0.15) is 0 Å². The number of aromatic amines is 1. The number of rotatable bonds is 1. The molecule has 0 unspecified atom stereocenters. The highest BCUT2D eigenvalue weighted by molar-refractivity contribution is 7.71. The summed E-state index contributed by atoms with van der Waals surface area (Å²) in [6.07, 6.45) is 0. The third-order valence-corrected chi connectivity index (χ3v) is 1.85. The Bertz CT molecular complexity index is 457. The van der Waals surface area contributed by atoms with Crippen LogP contribution in [0.3, 0.4) is 0 Å². The van der Waals surface area contributed by atoms with Gasteiger partial charge in [-0.3, -0.25) is 0 Å². The molecule has 62 valence electrons. The van der Waals surface area contributed by atoms with E-state index in [2.05, 4.69) is 4.98 Å². The Morgan fingerprint density at radius 3 is 3.08 bits per heavy atom. The molecule has 12 heavy (non-hydrogen) atoms. The van der Waals surface area contributed by atoms with Crippen LogP contribution in [0.15, 0.2) is 22.6 Å². The second-order valence-corrected chi connectivity index (χ2v) is 2.87. The van der Waals surface area contributed by atoms with Gasteiger partial charge in [-0.1, -0.05) is 6.07 Å². The van der Waals surface area contributed by atoms with Crippen molar-refractivity contribution >= 4 is 23.3 Å². The Labute approximate surface area is 73.6 Å². The van der Waals surface area contributed by atoms with E-state index in [-0.39, 0.29) is 6.61 Å². The van der Waals surface area contributed by atoms with Gasteiger partial charge in [0, 0.05) is 0 Å². The monoisotopic (exact) mass is 181 g/mol. The van der Waals surface area contributed by atoms with Gasteiger partial charge in [0.2, 0.25) is 0 Å². The highest BCUT2D eigenvalue weighted by Crippen LogP contribution is 2.14. The zero-order valence-electron chi connectivity index (χ0n) is 6.20. The van der Waals surface area contributed by atoms with E-state index in [9.17, 15) is 0 Å². The summed E-state index contributed by atoms with van der Waals surface area (Å²) >= 11 is 4.81. The molecule has 0 radical (unpaired) electrons. The predicted octanol–water partition coefficient (Wildman–Crippen LogP) is 1.98. The largest absolute Gasteiger partial charge is 0.429 e. The maximum Gasteiger partial charge on any atom is 0.266 e. The molecule has 0 aliphatic carbocycles. The van der Waals surface area contributed by atoms with Crippen molar-refractivity contribution in [3.8, 4) is 0 Å². The van der Waals surface area contributed by atoms with Crippen molar-refractivity contribution in [3.63, 3.8) is 0 Å². The molecule has 0 aliphatic rings. The molecular formula is C8H7NO2S. The molecule has 0 fully saturated rings. The first kappa shape index (κ1) is 7.52. The molecule has 2 aromatic rings. The van der Waals surface area contributed by atoms with Crippen LogP contribution >= 0.6 is 12.2 Å². The smallest absolute Gasteiger partial charge is 0.266 e. The molecule has 1 aromatic heterocycles. The molecule has 0 spiro atoms. The molecule has 4 heteroatoms. The van der Waals surface area contributed by atoms with Gasteiger partial charge in [0.05, 0.1) is 12.1 Å². The summed E-state index contributed by atoms with van der Waals surface area (Å²) in [5.74, 6) is 0. The van der Waals surface area contributed by atoms with Gasteiger partial charge in [-0.2, -0.15) is 0 Å². The zero-order chi connectivity index (χ0) is 8.55. The molecule has 0 amide bonds. The van der Waals surface area contributed by atoms with Crippen molar-refractivity contribution in [3.05, 3.63) is 28.6 Å². The summed E-state index contributed by atoms with van der Waals surface area (Å²) in [4.78, 5) is 3.23. The molecule has 0 aliphatic heterocycles. The summed E-state index contributed by atoms with van der Waals surface area (Å²) < 4.78 is 5.14. The van der Waals surface area contributed by atoms with E-state index in [1.807, 2.05) is 6.07 Å². The molecular weight excluding hydrogens is 174 g/mol. The van der Waals surface area contributed by atoms with Crippen LogP contribution in [0.4, 0.5) is 0 Å². The van der Waals surface area contributed by atoms with Crippen molar-refractivity contribution in [2.75, 3.05) is 0 Å². The van der Waals surface area contributed by atoms with Crippen LogP contribution in [0.25, 0.3) is 11.1 Å². The van der Waals surface area contributed by atoms with E-state index in [1.54, 1.807) is 12.1 Å². The minimum Gasteiger partial charge on any atom is -0.429 e. The topological polar surface area (TPSA) is 49.2 Å². The Balaban J connectivity index is 2.74. The van der Waals surface area contributed by atoms with Crippen LogP contribution in [-0.2, 0) is 6.61 Å². The fraction of sp³-hybridized carbons (Fsp3) is 0.125. The van der Waals surface area contributed by atoms with E-state index in [1.165, 1.54) is 0 Å². The lowest BCUT2D eigenvalue weighted by atomic mass is 10.2. The van der Waals surface area contributed by atoms with Crippen molar-refractivity contribution in [2.24, 2.45) is 0 Å². The highest BCUT2D eigenvalue weighted by atomic mass is 32.1. The van der Waals surface area contributed by atoms with Crippen LogP contribution in [0.2, 0.25) is 0 Å². The van der Waals surface area contributed by atoms with Crippen LogP contribution in [0.5, 0.6) is 0 Å². The number of aliphatic hydroxyl groups is 1. The standard InChI is InChI=1S/C8H7NO2S/c10-4-5-1-2-7-6(3-5)9-8(12)11-7/h1-3,10H,4H2,(H,9,12). The SMILES string of the molecule is OCc1ccc2oc(=S)[nH]c2c1. The second-order valence-electron chi connectivity index (χ2n) is 2.50. The normalized spacial score (nSPS) is 10.8. The number of H-pyrrole nitrogens is 1. The number of aliphatic hydroxyl groups excluding tert-OH is 1. The maximum absolute atomic E-state index is 8.83. The van der Waals surface area contributed by atoms with Gasteiger partial charge in [-0.15, -0.1) is 0 Å². The summed E-state index contributed by atoms with van der Waals surface area (Å²) in [6.45, 7) is 0.0295. The lowest BCUT2D eigenvalue weighted by molar-refractivity contribution is 0.282. The third kappa shape index (κ3) is 1.15. The van der Waals surface area contributed by atoms with Gasteiger partial charge in [-0.05, 0) is 29.9 Å². The Kier molecular flexibility index (Phi) is 1.71. The Hall–Kier alpha value is -1.13. The van der Waals surface area contributed by atoms with Gasteiger partial charge in [0.15, 0.2) is 5.58 Å². The summed E-state index contributed by atoms with van der Waals surface area (Å²) in [6, 6.07) is 5.40. The van der Waals surface area contributed by atoms with Gasteiger partial charge in [0.25, 0.3) is 4.84 Å². The predicted molar refractivity (Wildman–Crippen MR) is 47.3 cm³/mol. The van der Waals surface area contributed by atoms with Gasteiger partial charge < -0.3 is 14.5 Å². The van der Waals surface area contributed by atoms with E-state index < -0.39 is 0 Å². The number of hydrogen-bond donors (Lipinski definition) is 2. The Morgan fingerprint density at radius 1 is 1.50 bits per heavy atom. The average Bonchev–Trinajstić information content (AvgIpc) is 2.43. The fourth-order valence-electron chi connectivity index (χ4n) is 1.10. The van der Waals surface area contributed by atoms with Crippen LogP contribution in [-0.4, -0.2) is 10.1 Å². The van der Waals surface area contributed by atoms with Gasteiger partial charge in [-0.25, -0.2) is 0 Å². The van der Waals surface area contributed by atoms with Crippen molar-refractivity contribution in [2.45, 2.75) is 6.61 Å². The first-order valence-corrected chi connectivity index (χ1v) is 3.93. The molecule has 0 saturated carbocycles. The number of fused-ring (bicyclic) bond motifs is 1. The van der Waals surface area contributed by atoms with E-state index >= 15 is 0 Å². The first-order chi connectivity index (χ1) is 5.79. The second kappa shape index (κ2) is 2.73. The van der Waals surface area contributed by atoms with Crippen molar-refractivity contribution in [1.82, 2.24) is 4.98 Å². The summed E-state index contributed by atoms with van der Waals surface area (Å²) in [5, 5.41) is 8.83. The molecule has 1 aromatic carbocycles. The third-order valence-electron chi connectivity index (χ3n) is 1.67. The molecule has 2 rings (SSSR count). The molecule has 0 atom stereocenters. The van der Waals surface area contributed by atoms with Crippen LogP contribution in [0, 0.1) is 4.84 Å². The highest BCUT2D eigenvalue weighted by Gasteiger charge is 1.98. The summed E-state index contributed by atoms with van der Waals surface area (Å²) in [7, 11) is 0. The molecule has 0 bridgehead atoms. The summed E-state index contributed by atoms with van der Waals surface area (Å²) in [5.41, 5.74) is 2.39. The zero-order valence-corrected chi connectivity index (χ0v) is 7.02. The number of benzene rings is 1. The van der Waals surface area contributed by atoms with Crippen molar-refractivity contribution in [1.29, 1.82) is 0 Å². The van der Waals surface area contributed by atoms with E-state index in [4.69, 9.17) is 21.7 Å². The van der Waals surface area contributed by atoms with E-state index in [0.717, 1.165) is 16.7 Å². The molecule has 2 N–H and O–H groups in total. The minimum absolute atomic E-state index is 0.0295. The number of oxazole rings is 1.